The van der Waals surface area contributed by atoms with Crippen molar-refractivity contribution < 1.29 is 22.6 Å². The Balaban J connectivity index is 1.45. The van der Waals surface area contributed by atoms with Gasteiger partial charge in [-0.25, -0.2) is 0 Å². The van der Waals surface area contributed by atoms with E-state index < -0.39 is 22.4 Å². The minimum Gasteiger partial charge on any atom is -0.363 e. The summed E-state index contributed by atoms with van der Waals surface area (Å²) in [7, 11) is 0. The van der Waals surface area contributed by atoms with Crippen LogP contribution in [0.5, 0.6) is 0 Å². The second-order valence-corrected chi connectivity index (χ2v) is 7.98. The lowest BCUT2D eigenvalue weighted by Crippen LogP contribution is -2.47. The highest BCUT2D eigenvalue weighted by atomic mass is 19.4. The van der Waals surface area contributed by atoms with Gasteiger partial charge in [0.25, 0.3) is 5.69 Å². The summed E-state index contributed by atoms with van der Waals surface area (Å²) in [4.78, 5) is 19.0. The maximum Gasteiger partial charge on any atom is 0.416 e. The van der Waals surface area contributed by atoms with Crippen LogP contribution >= 0.6 is 0 Å². The summed E-state index contributed by atoms with van der Waals surface area (Å²) in [6.45, 7) is 5.81. The molecule has 0 radical (unpaired) electrons. The Morgan fingerprint density at radius 1 is 1.09 bits per heavy atom. The van der Waals surface area contributed by atoms with Crippen LogP contribution < -0.4 is 4.90 Å². The maximum atomic E-state index is 13.0. The lowest BCUT2D eigenvalue weighted by Gasteiger charge is -2.37. The van der Waals surface area contributed by atoms with E-state index in [0.717, 1.165) is 17.2 Å². The average Bonchev–Trinajstić information content (AvgIpc) is 3.28. The van der Waals surface area contributed by atoms with Gasteiger partial charge in [0.15, 0.2) is 0 Å². The van der Waals surface area contributed by atoms with Gasteiger partial charge in [0.1, 0.15) is 5.69 Å². The van der Waals surface area contributed by atoms with Crippen molar-refractivity contribution in [2.45, 2.75) is 26.1 Å². The summed E-state index contributed by atoms with van der Waals surface area (Å²) in [6, 6.07) is 10.2. The molecule has 0 saturated carbocycles. The molecule has 0 unspecified atom stereocenters. The van der Waals surface area contributed by atoms with Crippen molar-refractivity contribution in [1.82, 2.24) is 15.0 Å². The fourth-order valence-electron chi connectivity index (χ4n) is 3.84. The Hall–Kier alpha value is -3.47. The Kier molecular flexibility index (Phi) is 6.07. The van der Waals surface area contributed by atoms with Crippen LogP contribution in [0.25, 0.3) is 11.4 Å². The number of nitro groups is 1. The monoisotopic (exact) mass is 461 g/mol. The number of alkyl halides is 3. The minimum atomic E-state index is -4.64. The first-order valence-electron chi connectivity index (χ1n) is 10.4. The van der Waals surface area contributed by atoms with Crippen molar-refractivity contribution >= 4 is 11.4 Å². The molecule has 1 aromatic heterocycles. The molecule has 1 aliphatic rings. The molecule has 1 fully saturated rings. The molecule has 2 heterocycles. The zero-order valence-electron chi connectivity index (χ0n) is 18.0. The number of anilines is 1. The van der Waals surface area contributed by atoms with Gasteiger partial charge in [-0.1, -0.05) is 35.0 Å². The summed E-state index contributed by atoms with van der Waals surface area (Å²) in [5, 5.41) is 15.5. The van der Waals surface area contributed by atoms with E-state index >= 15 is 0 Å². The minimum absolute atomic E-state index is 0.179. The molecule has 1 atom stereocenters. The second-order valence-electron chi connectivity index (χ2n) is 7.98. The molecule has 0 amide bonds. The first-order chi connectivity index (χ1) is 15.6. The Labute approximate surface area is 187 Å². The van der Waals surface area contributed by atoms with Crippen LogP contribution in [0, 0.1) is 17.0 Å². The number of nitrogens with zero attached hydrogens (tertiary/aromatic N) is 5. The molecule has 8 nitrogen and oxygen atoms in total. The van der Waals surface area contributed by atoms with E-state index in [1.165, 1.54) is 6.07 Å². The fraction of sp³-hybridized carbons (Fsp3) is 0.364. The van der Waals surface area contributed by atoms with Crippen molar-refractivity contribution in [3.8, 4) is 11.4 Å². The van der Waals surface area contributed by atoms with Gasteiger partial charge in [-0.2, -0.15) is 18.2 Å². The number of nitro benzene ring substituents is 1. The maximum absolute atomic E-state index is 13.0. The average molecular weight is 461 g/mol. The smallest absolute Gasteiger partial charge is 0.363 e. The fourth-order valence-corrected chi connectivity index (χ4v) is 3.84. The predicted octanol–water partition coefficient (Wildman–Crippen LogP) is 4.86. The van der Waals surface area contributed by atoms with Crippen LogP contribution in [0.2, 0.25) is 0 Å². The highest BCUT2D eigenvalue weighted by Gasteiger charge is 2.34. The van der Waals surface area contributed by atoms with E-state index in [1.54, 1.807) is 4.90 Å². The zero-order valence-corrected chi connectivity index (χ0v) is 18.0. The normalized spacial score (nSPS) is 16.1. The molecule has 174 valence electrons. The second kappa shape index (κ2) is 8.81. The van der Waals surface area contributed by atoms with Gasteiger partial charge >= 0.3 is 6.18 Å². The molecular weight excluding hydrogens is 439 g/mol. The quantitative estimate of drug-likeness (QED) is 0.396. The predicted molar refractivity (Wildman–Crippen MR) is 115 cm³/mol. The first kappa shape index (κ1) is 22.7. The lowest BCUT2D eigenvalue weighted by atomic mass is 10.1. The molecule has 1 aliphatic heterocycles. The van der Waals surface area contributed by atoms with Gasteiger partial charge in [0.2, 0.25) is 11.7 Å². The summed E-state index contributed by atoms with van der Waals surface area (Å²) < 4.78 is 44.4. The molecule has 4 rings (SSSR count). The molecular formula is C22H22F3N5O3. The number of rotatable bonds is 5. The number of hydrogen-bond donors (Lipinski definition) is 0. The lowest BCUT2D eigenvalue weighted by molar-refractivity contribution is -0.384. The molecule has 0 spiro atoms. The van der Waals surface area contributed by atoms with Crippen molar-refractivity contribution in [3.63, 3.8) is 0 Å². The molecule has 33 heavy (non-hydrogen) atoms. The Morgan fingerprint density at radius 3 is 2.36 bits per heavy atom. The van der Waals surface area contributed by atoms with Crippen molar-refractivity contribution in [2.75, 3.05) is 31.1 Å². The molecule has 0 N–H and O–H groups in total. The van der Waals surface area contributed by atoms with Crippen molar-refractivity contribution in [3.05, 3.63) is 69.6 Å². The number of hydrogen-bond acceptors (Lipinski definition) is 7. The van der Waals surface area contributed by atoms with E-state index in [2.05, 4.69) is 15.0 Å². The van der Waals surface area contributed by atoms with E-state index in [-0.39, 0.29) is 11.7 Å². The first-order valence-corrected chi connectivity index (χ1v) is 10.4. The number of benzene rings is 2. The van der Waals surface area contributed by atoms with Crippen LogP contribution in [-0.2, 0) is 6.18 Å². The summed E-state index contributed by atoms with van der Waals surface area (Å²) in [5.41, 5.74) is 0.570. The summed E-state index contributed by atoms with van der Waals surface area (Å²) in [5.74, 6) is 0.954. The van der Waals surface area contributed by atoms with Crippen LogP contribution in [0.15, 0.2) is 47.0 Å². The van der Waals surface area contributed by atoms with Gasteiger partial charge in [0.05, 0.1) is 16.5 Å². The van der Waals surface area contributed by atoms with Gasteiger partial charge in [-0.05, 0) is 26.0 Å². The molecule has 11 heteroatoms. The summed E-state index contributed by atoms with van der Waals surface area (Å²) >= 11 is 0. The zero-order chi connectivity index (χ0) is 23.8. The van der Waals surface area contributed by atoms with Crippen LogP contribution in [0.1, 0.15) is 30.0 Å². The molecule has 0 aliphatic carbocycles. The number of aryl methyl sites for hydroxylation is 1. The number of piperazine rings is 1. The molecule has 3 aromatic rings. The third-order valence-electron chi connectivity index (χ3n) is 5.81. The number of aromatic nitrogens is 2. The van der Waals surface area contributed by atoms with Crippen molar-refractivity contribution in [2.24, 2.45) is 0 Å². The Bertz CT molecular complexity index is 1140. The molecule has 1 saturated heterocycles. The van der Waals surface area contributed by atoms with Gasteiger partial charge in [0, 0.05) is 37.8 Å². The van der Waals surface area contributed by atoms with Crippen LogP contribution in [0.3, 0.4) is 0 Å². The highest BCUT2D eigenvalue weighted by molar-refractivity contribution is 5.65. The standard InChI is InChI=1S/C22H22F3N5O3/c1-14-3-5-16(6-4-14)20-26-21(33-27-20)15(2)28-9-11-29(12-10-28)18-8-7-17(22(23,24)25)13-19(18)30(31)32/h3-8,13,15H,9-12H2,1-2H3/t15-/m0/s1. The van der Waals surface area contributed by atoms with Gasteiger partial charge in [-0.3, -0.25) is 15.0 Å². The largest absolute Gasteiger partial charge is 0.416 e. The highest BCUT2D eigenvalue weighted by Crippen LogP contribution is 2.37. The molecule has 0 bridgehead atoms. The van der Waals surface area contributed by atoms with E-state index in [4.69, 9.17) is 4.52 Å². The van der Waals surface area contributed by atoms with E-state index in [0.29, 0.717) is 44.0 Å². The van der Waals surface area contributed by atoms with Gasteiger partial charge < -0.3 is 9.42 Å². The van der Waals surface area contributed by atoms with Crippen LogP contribution in [-0.4, -0.2) is 46.1 Å². The van der Waals surface area contributed by atoms with Crippen LogP contribution in [0.4, 0.5) is 24.5 Å². The number of halogens is 3. The molecule has 2 aromatic carbocycles. The van der Waals surface area contributed by atoms with Crippen molar-refractivity contribution in [1.29, 1.82) is 0 Å². The third kappa shape index (κ3) is 4.82. The van der Waals surface area contributed by atoms with E-state index in [1.807, 2.05) is 38.1 Å². The third-order valence-corrected chi connectivity index (χ3v) is 5.81. The van der Waals surface area contributed by atoms with E-state index in [9.17, 15) is 23.3 Å². The SMILES string of the molecule is Cc1ccc(-c2noc([C@H](C)N3CCN(c4ccc(C(F)(F)F)cc4[N+](=O)[O-])CC3)n2)cc1. The Morgan fingerprint density at radius 2 is 1.76 bits per heavy atom. The topological polar surface area (TPSA) is 88.5 Å². The van der Waals surface area contributed by atoms with Gasteiger partial charge in [-0.15, -0.1) is 0 Å². The summed E-state index contributed by atoms with van der Waals surface area (Å²) in [6.07, 6.45) is -4.64.